The van der Waals surface area contributed by atoms with E-state index in [1.165, 1.54) is 5.56 Å². The van der Waals surface area contributed by atoms with Crippen molar-refractivity contribution in [1.29, 1.82) is 0 Å². The molecule has 1 saturated heterocycles. The lowest BCUT2D eigenvalue weighted by molar-refractivity contribution is 0.185. The molecule has 15 heavy (non-hydrogen) atoms. The summed E-state index contributed by atoms with van der Waals surface area (Å²) >= 11 is 6.20. The topological polar surface area (TPSA) is 15.3 Å². The van der Waals surface area contributed by atoms with Crippen LogP contribution in [-0.2, 0) is 0 Å². The van der Waals surface area contributed by atoms with E-state index in [0.717, 1.165) is 31.2 Å². The van der Waals surface area contributed by atoms with E-state index in [9.17, 15) is 0 Å². The van der Waals surface area contributed by atoms with Crippen LogP contribution in [0.5, 0.6) is 0 Å². The van der Waals surface area contributed by atoms with Gasteiger partial charge in [-0.3, -0.25) is 4.90 Å². The Kier molecular flexibility index (Phi) is 3.62. The monoisotopic (exact) mass is 224 g/mol. The van der Waals surface area contributed by atoms with Crippen molar-refractivity contribution < 1.29 is 0 Å². The maximum absolute atomic E-state index is 6.20. The average Bonchev–Trinajstić information content (AvgIpc) is 2.30. The summed E-state index contributed by atoms with van der Waals surface area (Å²) in [6.07, 6.45) is 0. The van der Waals surface area contributed by atoms with Crippen molar-refractivity contribution in [3.05, 3.63) is 34.9 Å². The molecular weight excluding hydrogens is 208 g/mol. The lowest BCUT2D eigenvalue weighted by Crippen LogP contribution is -2.44. The predicted octanol–water partition coefficient (Wildman–Crippen LogP) is 2.31. The van der Waals surface area contributed by atoms with E-state index >= 15 is 0 Å². The number of piperazine rings is 1. The van der Waals surface area contributed by atoms with E-state index in [0.29, 0.717) is 6.04 Å². The molecule has 1 aliphatic heterocycles. The van der Waals surface area contributed by atoms with Gasteiger partial charge in [-0.1, -0.05) is 29.8 Å². The van der Waals surface area contributed by atoms with E-state index in [2.05, 4.69) is 29.3 Å². The Morgan fingerprint density at radius 2 is 1.93 bits per heavy atom. The first-order chi connectivity index (χ1) is 7.29. The Morgan fingerprint density at radius 1 is 1.27 bits per heavy atom. The minimum atomic E-state index is 0.417. The minimum absolute atomic E-state index is 0.417. The first-order valence-corrected chi connectivity index (χ1v) is 5.86. The van der Waals surface area contributed by atoms with Crippen LogP contribution >= 0.6 is 11.6 Å². The summed E-state index contributed by atoms with van der Waals surface area (Å²) in [7, 11) is 0. The van der Waals surface area contributed by atoms with Gasteiger partial charge in [0.25, 0.3) is 0 Å². The zero-order valence-corrected chi connectivity index (χ0v) is 9.80. The van der Waals surface area contributed by atoms with E-state index in [-0.39, 0.29) is 0 Å². The minimum Gasteiger partial charge on any atom is -0.314 e. The number of hydrogen-bond donors (Lipinski definition) is 1. The van der Waals surface area contributed by atoms with Crippen LogP contribution in [0.2, 0.25) is 5.02 Å². The SMILES string of the molecule is CC(c1ccccc1Cl)N1CCNCC1. The fraction of sp³-hybridized carbons (Fsp3) is 0.500. The fourth-order valence-corrected chi connectivity index (χ4v) is 2.37. The highest BCUT2D eigenvalue weighted by Gasteiger charge is 2.19. The molecule has 1 fully saturated rings. The van der Waals surface area contributed by atoms with E-state index in [1.807, 2.05) is 12.1 Å². The Balaban J connectivity index is 2.12. The first-order valence-electron chi connectivity index (χ1n) is 5.48. The molecule has 0 saturated carbocycles. The van der Waals surface area contributed by atoms with E-state index < -0.39 is 0 Å². The van der Waals surface area contributed by atoms with Crippen LogP contribution in [0.1, 0.15) is 18.5 Å². The van der Waals surface area contributed by atoms with Crippen LogP contribution in [0.3, 0.4) is 0 Å². The van der Waals surface area contributed by atoms with Gasteiger partial charge in [-0.25, -0.2) is 0 Å². The molecule has 1 heterocycles. The second-order valence-electron chi connectivity index (χ2n) is 3.98. The van der Waals surface area contributed by atoms with Gasteiger partial charge in [-0.15, -0.1) is 0 Å². The Morgan fingerprint density at radius 3 is 2.60 bits per heavy atom. The van der Waals surface area contributed by atoms with Gasteiger partial charge >= 0.3 is 0 Å². The van der Waals surface area contributed by atoms with Crippen LogP contribution in [0.25, 0.3) is 0 Å². The van der Waals surface area contributed by atoms with Crippen molar-refractivity contribution in [2.24, 2.45) is 0 Å². The van der Waals surface area contributed by atoms with Crippen LogP contribution < -0.4 is 5.32 Å². The maximum Gasteiger partial charge on any atom is 0.0453 e. The third kappa shape index (κ3) is 2.51. The Bertz CT molecular complexity index is 321. The highest BCUT2D eigenvalue weighted by molar-refractivity contribution is 6.31. The fourth-order valence-electron chi connectivity index (χ4n) is 2.08. The maximum atomic E-state index is 6.20. The molecule has 0 spiro atoms. The molecule has 82 valence electrons. The number of halogens is 1. The molecule has 0 amide bonds. The molecule has 2 nitrogen and oxygen atoms in total. The lowest BCUT2D eigenvalue weighted by atomic mass is 10.1. The predicted molar refractivity (Wildman–Crippen MR) is 64.3 cm³/mol. The van der Waals surface area contributed by atoms with E-state index in [1.54, 1.807) is 0 Å². The standard InChI is InChI=1S/C12H17ClN2/c1-10(15-8-6-14-7-9-15)11-4-2-3-5-12(11)13/h2-5,10,14H,6-9H2,1H3. The molecule has 0 aromatic heterocycles. The van der Waals surface area contributed by atoms with Gasteiger partial charge < -0.3 is 5.32 Å². The number of benzene rings is 1. The van der Waals surface area contributed by atoms with Crippen molar-refractivity contribution in [3.63, 3.8) is 0 Å². The molecule has 1 aromatic carbocycles. The van der Waals surface area contributed by atoms with Gasteiger partial charge in [-0.2, -0.15) is 0 Å². The average molecular weight is 225 g/mol. The summed E-state index contributed by atoms with van der Waals surface area (Å²) in [6.45, 7) is 6.59. The highest BCUT2D eigenvalue weighted by Crippen LogP contribution is 2.26. The van der Waals surface area contributed by atoms with Gasteiger partial charge in [0, 0.05) is 37.2 Å². The van der Waals surface area contributed by atoms with Crippen molar-refractivity contribution in [3.8, 4) is 0 Å². The molecule has 3 heteroatoms. The number of nitrogens with one attached hydrogen (secondary N) is 1. The van der Waals surface area contributed by atoms with Crippen LogP contribution in [-0.4, -0.2) is 31.1 Å². The second-order valence-corrected chi connectivity index (χ2v) is 4.39. The summed E-state index contributed by atoms with van der Waals surface area (Å²) in [5.41, 5.74) is 1.24. The normalized spacial score (nSPS) is 20.1. The Hall–Kier alpha value is -0.570. The Labute approximate surface area is 96.2 Å². The van der Waals surface area contributed by atoms with Crippen LogP contribution in [0.4, 0.5) is 0 Å². The van der Waals surface area contributed by atoms with Crippen LogP contribution in [0.15, 0.2) is 24.3 Å². The van der Waals surface area contributed by atoms with Gasteiger partial charge in [0.05, 0.1) is 0 Å². The number of hydrogen-bond acceptors (Lipinski definition) is 2. The van der Waals surface area contributed by atoms with Crippen molar-refractivity contribution >= 4 is 11.6 Å². The van der Waals surface area contributed by atoms with Gasteiger partial charge in [0.2, 0.25) is 0 Å². The quantitative estimate of drug-likeness (QED) is 0.830. The molecule has 1 N–H and O–H groups in total. The van der Waals surface area contributed by atoms with E-state index in [4.69, 9.17) is 11.6 Å². The number of nitrogens with zero attached hydrogens (tertiary/aromatic N) is 1. The molecule has 1 aliphatic rings. The summed E-state index contributed by atoms with van der Waals surface area (Å²) < 4.78 is 0. The molecule has 2 rings (SSSR count). The second kappa shape index (κ2) is 4.97. The molecule has 1 atom stereocenters. The van der Waals surface area contributed by atoms with Crippen molar-refractivity contribution in [2.45, 2.75) is 13.0 Å². The molecule has 0 bridgehead atoms. The smallest absolute Gasteiger partial charge is 0.0453 e. The third-order valence-electron chi connectivity index (χ3n) is 3.05. The number of rotatable bonds is 2. The molecule has 1 unspecified atom stereocenters. The summed E-state index contributed by atoms with van der Waals surface area (Å²) in [6, 6.07) is 8.54. The van der Waals surface area contributed by atoms with Crippen LogP contribution in [0, 0.1) is 0 Å². The summed E-state index contributed by atoms with van der Waals surface area (Å²) in [5, 5.41) is 4.24. The van der Waals surface area contributed by atoms with Gasteiger partial charge in [0.1, 0.15) is 0 Å². The largest absolute Gasteiger partial charge is 0.314 e. The molecule has 0 radical (unpaired) electrons. The zero-order chi connectivity index (χ0) is 10.7. The summed E-state index contributed by atoms with van der Waals surface area (Å²) in [4.78, 5) is 2.47. The molecule has 0 aliphatic carbocycles. The lowest BCUT2D eigenvalue weighted by Gasteiger charge is -2.33. The highest BCUT2D eigenvalue weighted by atomic mass is 35.5. The first kappa shape index (κ1) is 10.9. The molecular formula is C12H17ClN2. The molecule has 1 aromatic rings. The zero-order valence-electron chi connectivity index (χ0n) is 9.04. The summed E-state index contributed by atoms with van der Waals surface area (Å²) in [5.74, 6) is 0. The van der Waals surface area contributed by atoms with Gasteiger partial charge in [-0.05, 0) is 18.6 Å². The van der Waals surface area contributed by atoms with Crippen molar-refractivity contribution in [2.75, 3.05) is 26.2 Å². The third-order valence-corrected chi connectivity index (χ3v) is 3.40. The van der Waals surface area contributed by atoms with Crippen molar-refractivity contribution in [1.82, 2.24) is 10.2 Å². The van der Waals surface area contributed by atoms with Gasteiger partial charge in [0.15, 0.2) is 0 Å².